The van der Waals surface area contributed by atoms with Gasteiger partial charge in [0.05, 0.1) is 5.41 Å². The van der Waals surface area contributed by atoms with Crippen LogP contribution in [0.1, 0.15) is 34.7 Å². The summed E-state index contributed by atoms with van der Waals surface area (Å²) in [6, 6.07) is 46.2. The lowest BCUT2D eigenvalue weighted by Crippen LogP contribution is -2.31. The largest absolute Gasteiger partial charge is 0.479 e. The van der Waals surface area contributed by atoms with Crippen molar-refractivity contribution in [3.8, 4) is 11.1 Å². The zero-order chi connectivity index (χ0) is 27.1. The second kappa shape index (κ2) is 11.6. The van der Waals surface area contributed by atoms with Crippen molar-refractivity contribution in [3.05, 3.63) is 161 Å². The fourth-order valence-corrected chi connectivity index (χ4v) is 5.23. The van der Waals surface area contributed by atoms with Crippen LogP contribution in [-0.2, 0) is 21.6 Å². The number of nitrogens with one attached hydrogen (secondary N) is 2. The van der Waals surface area contributed by atoms with Crippen molar-refractivity contribution < 1.29 is 9.53 Å². The second-order valence-corrected chi connectivity index (χ2v) is 9.44. The molecule has 1 atom stereocenters. The number of carbonyl (C=O) groups is 1. The fraction of sp³-hybridized carbons (Fsp3) is 0.0857. The quantitative estimate of drug-likeness (QED) is 0.121. The fourth-order valence-electron chi connectivity index (χ4n) is 5.23. The van der Waals surface area contributed by atoms with Crippen LogP contribution in [0.4, 0.5) is 5.69 Å². The van der Waals surface area contributed by atoms with Crippen LogP contribution in [-0.4, -0.2) is 12.3 Å². The Morgan fingerprint density at radius 2 is 1.13 bits per heavy atom. The molecule has 0 saturated carbocycles. The monoisotopic (exact) mass is 510 g/mol. The van der Waals surface area contributed by atoms with E-state index in [0.717, 1.165) is 45.5 Å². The molecule has 0 aliphatic rings. The molecule has 192 valence electrons. The minimum atomic E-state index is -0.619. The number of carbonyl (C=O) groups excluding carboxylic acids is 1. The highest BCUT2D eigenvalue weighted by Crippen LogP contribution is 2.45. The Bertz CT molecular complexity index is 1530. The van der Waals surface area contributed by atoms with E-state index in [-0.39, 0.29) is 5.91 Å². The van der Waals surface area contributed by atoms with Crippen molar-refractivity contribution in [2.24, 2.45) is 0 Å². The van der Waals surface area contributed by atoms with Crippen LogP contribution in [0.5, 0.6) is 0 Å². The average molecular weight is 511 g/mol. The minimum Gasteiger partial charge on any atom is -0.479 e. The summed E-state index contributed by atoms with van der Waals surface area (Å²) in [6.45, 7) is 1.86. The van der Waals surface area contributed by atoms with Crippen LogP contribution in [0.25, 0.3) is 11.1 Å². The Balaban J connectivity index is 1.73. The van der Waals surface area contributed by atoms with E-state index < -0.39 is 5.41 Å². The van der Waals surface area contributed by atoms with Crippen LogP contribution in [0.15, 0.2) is 133 Å². The van der Waals surface area contributed by atoms with Gasteiger partial charge in [-0.2, -0.15) is 0 Å². The standard InChI is InChI=1S/C35H30N2O2/c1-26(38)37-34-22-20-33(21-23-34)35(30-10-6-3-7-11-30,31-16-12-27(13-17-31)24-39-25-36)32-18-14-29(15-19-32)28-8-4-2-5-9-28/h2-23,25,36H,24H2,1H3,(H,37,38). The number of rotatable bonds is 9. The molecule has 0 radical (unpaired) electrons. The summed E-state index contributed by atoms with van der Waals surface area (Å²) in [4.78, 5) is 11.7. The third-order valence-corrected chi connectivity index (χ3v) is 6.99. The first kappa shape index (κ1) is 25.7. The Morgan fingerprint density at radius 3 is 1.67 bits per heavy atom. The van der Waals surface area contributed by atoms with Crippen molar-refractivity contribution in [2.75, 3.05) is 5.32 Å². The Morgan fingerprint density at radius 1 is 0.667 bits per heavy atom. The van der Waals surface area contributed by atoms with Gasteiger partial charge in [0.1, 0.15) is 6.61 Å². The Kier molecular flexibility index (Phi) is 7.65. The summed E-state index contributed by atoms with van der Waals surface area (Å²) in [6.07, 6.45) is 0.965. The molecule has 0 heterocycles. The predicted molar refractivity (Wildman–Crippen MR) is 158 cm³/mol. The molecule has 5 aromatic rings. The SMILES string of the molecule is CC(=O)Nc1ccc(C(c2ccccc2)(c2ccc(COC=N)cc2)c2ccc(-c3ccccc3)cc2)cc1. The molecule has 0 bridgehead atoms. The molecule has 1 amide bonds. The van der Waals surface area contributed by atoms with Crippen molar-refractivity contribution in [2.45, 2.75) is 18.9 Å². The molecule has 1 unspecified atom stereocenters. The molecule has 0 aliphatic carbocycles. The van der Waals surface area contributed by atoms with Gasteiger partial charge in [-0.05, 0) is 51.1 Å². The molecule has 0 aromatic heterocycles. The highest BCUT2D eigenvalue weighted by molar-refractivity contribution is 5.88. The van der Waals surface area contributed by atoms with Crippen LogP contribution in [0, 0.1) is 5.41 Å². The van der Waals surface area contributed by atoms with Crippen LogP contribution < -0.4 is 5.32 Å². The van der Waals surface area contributed by atoms with E-state index in [1.165, 1.54) is 12.5 Å². The molecule has 0 fully saturated rings. The summed E-state index contributed by atoms with van der Waals surface area (Å²) in [5.41, 5.74) is 7.90. The van der Waals surface area contributed by atoms with Gasteiger partial charge in [0, 0.05) is 12.6 Å². The summed E-state index contributed by atoms with van der Waals surface area (Å²) in [5.74, 6) is -0.101. The zero-order valence-electron chi connectivity index (χ0n) is 21.8. The van der Waals surface area contributed by atoms with Gasteiger partial charge in [-0.25, -0.2) is 0 Å². The van der Waals surface area contributed by atoms with Crippen molar-refractivity contribution in [3.63, 3.8) is 0 Å². The highest BCUT2D eigenvalue weighted by atomic mass is 16.5. The molecule has 0 saturated heterocycles. The smallest absolute Gasteiger partial charge is 0.221 e. The van der Waals surface area contributed by atoms with E-state index in [1.807, 2.05) is 24.3 Å². The molecule has 39 heavy (non-hydrogen) atoms. The predicted octanol–water partition coefficient (Wildman–Crippen LogP) is 7.82. The Labute approximate surface area is 229 Å². The van der Waals surface area contributed by atoms with E-state index in [9.17, 15) is 4.79 Å². The second-order valence-electron chi connectivity index (χ2n) is 9.44. The van der Waals surface area contributed by atoms with Gasteiger partial charge in [-0.1, -0.05) is 121 Å². The van der Waals surface area contributed by atoms with Crippen LogP contribution in [0.2, 0.25) is 0 Å². The molecule has 5 aromatic carbocycles. The van der Waals surface area contributed by atoms with Crippen LogP contribution in [0.3, 0.4) is 0 Å². The molecule has 0 aliphatic heterocycles. The maximum atomic E-state index is 11.7. The minimum absolute atomic E-state index is 0.101. The topological polar surface area (TPSA) is 62.2 Å². The van der Waals surface area contributed by atoms with Crippen molar-refractivity contribution in [1.82, 2.24) is 0 Å². The number of amides is 1. The third-order valence-electron chi connectivity index (χ3n) is 6.99. The van der Waals surface area contributed by atoms with Gasteiger partial charge >= 0.3 is 0 Å². The number of hydrogen-bond donors (Lipinski definition) is 2. The van der Waals surface area contributed by atoms with Crippen molar-refractivity contribution in [1.29, 1.82) is 5.41 Å². The molecule has 4 nitrogen and oxygen atoms in total. The molecule has 4 heteroatoms. The summed E-state index contributed by atoms with van der Waals surface area (Å²) < 4.78 is 5.21. The van der Waals surface area contributed by atoms with Crippen LogP contribution >= 0.6 is 0 Å². The first-order valence-electron chi connectivity index (χ1n) is 12.9. The molecule has 0 spiro atoms. The number of ether oxygens (including phenoxy) is 1. The summed E-state index contributed by atoms with van der Waals surface area (Å²) in [7, 11) is 0. The summed E-state index contributed by atoms with van der Waals surface area (Å²) in [5, 5.41) is 10.1. The van der Waals surface area contributed by atoms with Gasteiger partial charge in [-0.3, -0.25) is 10.2 Å². The molecular weight excluding hydrogens is 480 g/mol. The van der Waals surface area contributed by atoms with E-state index >= 15 is 0 Å². The maximum absolute atomic E-state index is 11.7. The zero-order valence-corrected chi connectivity index (χ0v) is 21.8. The third kappa shape index (κ3) is 5.36. The van der Waals surface area contributed by atoms with Gasteiger partial charge in [0.25, 0.3) is 0 Å². The van der Waals surface area contributed by atoms with E-state index in [0.29, 0.717) is 6.61 Å². The van der Waals surface area contributed by atoms with E-state index in [1.54, 1.807) is 0 Å². The van der Waals surface area contributed by atoms with Crippen molar-refractivity contribution >= 4 is 18.0 Å². The lowest BCUT2D eigenvalue weighted by Gasteiger charge is -2.37. The average Bonchev–Trinajstić information content (AvgIpc) is 2.99. The van der Waals surface area contributed by atoms with E-state index in [4.69, 9.17) is 10.1 Å². The van der Waals surface area contributed by atoms with Gasteiger partial charge < -0.3 is 10.1 Å². The summed E-state index contributed by atoms with van der Waals surface area (Å²) >= 11 is 0. The van der Waals surface area contributed by atoms with E-state index in [2.05, 4.69) is 115 Å². The lowest BCUT2D eigenvalue weighted by molar-refractivity contribution is -0.114. The maximum Gasteiger partial charge on any atom is 0.221 e. The van der Waals surface area contributed by atoms with Gasteiger partial charge in [0.2, 0.25) is 5.91 Å². The first-order chi connectivity index (χ1) is 19.1. The first-order valence-corrected chi connectivity index (χ1v) is 12.9. The molecule has 2 N–H and O–H groups in total. The molecular formula is C35H30N2O2. The Hall–Kier alpha value is -4.96. The van der Waals surface area contributed by atoms with Gasteiger partial charge in [0.15, 0.2) is 6.40 Å². The number of anilines is 1. The highest BCUT2D eigenvalue weighted by Gasteiger charge is 2.38. The van der Waals surface area contributed by atoms with Gasteiger partial charge in [-0.15, -0.1) is 0 Å². The number of benzene rings is 5. The number of hydrogen-bond acceptors (Lipinski definition) is 3. The molecule has 5 rings (SSSR count). The lowest BCUT2D eigenvalue weighted by atomic mass is 9.65. The normalized spacial score (nSPS) is 12.2.